The van der Waals surface area contributed by atoms with E-state index in [4.69, 9.17) is 4.74 Å². The Bertz CT molecular complexity index is 1110. The van der Waals surface area contributed by atoms with Crippen molar-refractivity contribution < 1.29 is 27.9 Å². The van der Waals surface area contributed by atoms with Gasteiger partial charge in [0.1, 0.15) is 5.75 Å². The first-order chi connectivity index (χ1) is 15.4. The lowest BCUT2D eigenvalue weighted by Gasteiger charge is -2.35. The molecule has 0 aromatic heterocycles. The summed E-state index contributed by atoms with van der Waals surface area (Å²) in [5, 5.41) is 9.91. The minimum Gasteiger partial charge on any atom is -0.507 e. The molecule has 2 saturated heterocycles. The zero-order chi connectivity index (χ0) is 22.7. The summed E-state index contributed by atoms with van der Waals surface area (Å²) < 4.78 is 32.4. The molecule has 0 saturated carbocycles. The van der Waals surface area contributed by atoms with Crippen LogP contribution in [0.2, 0.25) is 0 Å². The van der Waals surface area contributed by atoms with Crippen LogP contribution in [0, 0.1) is 0 Å². The fourth-order valence-corrected chi connectivity index (χ4v) is 5.30. The molecule has 1 N–H and O–H groups in total. The van der Waals surface area contributed by atoms with Crippen molar-refractivity contribution in [2.24, 2.45) is 0 Å². The molecule has 0 bridgehead atoms. The van der Waals surface area contributed by atoms with Crippen molar-refractivity contribution in [3.8, 4) is 5.75 Å². The van der Waals surface area contributed by atoms with Crippen LogP contribution in [0.1, 0.15) is 20.7 Å². The summed E-state index contributed by atoms with van der Waals surface area (Å²) in [7, 11) is -3.70. The highest BCUT2D eigenvalue weighted by Crippen LogP contribution is 2.21. The number of nitrogens with zero attached hydrogens (tertiary/aromatic N) is 3. The Hall–Kier alpha value is -2.95. The van der Waals surface area contributed by atoms with Crippen LogP contribution in [0.3, 0.4) is 0 Å². The highest BCUT2D eigenvalue weighted by atomic mass is 32.2. The SMILES string of the molecule is O=C(c1cccc(S(=O)(=O)N2CCOCC2)c1)N1CCN(C(=O)c2ccccc2O)CC1. The average Bonchev–Trinajstić information content (AvgIpc) is 2.84. The minimum absolute atomic E-state index is 0.0747. The van der Waals surface area contributed by atoms with Gasteiger partial charge in [0.25, 0.3) is 11.8 Å². The van der Waals surface area contributed by atoms with Crippen molar-refractivity contribution in [2.75, 3.05) is 52.5 Å². The summed E-state index contributed by atoms with van der Waals surface area (Å²) >= 11 is 0. The number of rotatable bonds is 4. The largest absolute Gasteiger partial charge is 0.507 e. The maximum Gasteiger partial charge on any atom is 0.257 e. The third kappa shape index (κ3) is 4.47. The van der Waals surface area contributed by atoms with Crippen molar-refractivity contribution in [2.45, 2.75) is 4.90 Å². The average molecular weight is 460 g/mol. The molecule has 4 rings (SSSR count). The first-order valence-corrected chi connectivity index (χ1v) is 11.9. The molecule has 2 aliphatic heterocycles. The van der Waals surface area contributed by atoms with Gasteiger partial charge in [-0.3, -0.25) is 9.59 Å². The topological polar surface area (TPSA) is 107 Å². The smallest absolute Gasteiger partial charge is 0.257 e. The summed E-state index contributed by atoms with van der Waals surface area (Å²) in [5.74, 6) is -0.637. The van der Waals surface area contributed by atoms with E-state index in [0.29, 0.717) is 45.0 Å². The van der Waals surface area contributed by atoms with Crippen molar-refractivity contribution in [3.63, 3.8) is 0 Å². The normalized spacial score (nSPS) is 17.9. The number of hydrogen-bond donors (Lipinski definition) is 1. The van der Waals surface area contributed by atoms with Gasteiger partial charge in [-0.25, -0.2) is 8.42 Å². The molecule has 0 radical (unpaired) electrons. The summed E-state index contributed by atoms with van der Waals surface area (Å²) in [6.07, 6.45) is 0. The second kappa shape index (κ2) is 9.27. The predicted molar refractivity (Wildman–Crippen MR) is 116 cm³/mol. The highest BCUT2D eigenvalue weighted by molar-refractivity contribution is 7.89. The number of aromatic hydroxyl groups is 1. The van der Waals surface area contributed by atoms with E-state index in [1.54, 1.807) is 40.1 Å². The number of morpholine rings is 1. The predicted octanol–water partition coefficient (Wildman–Crippen LogP) is 1.01. The maximum atomic E-state index is 13.0. The molecule has 0 aliphatic carbocycles. The molecule has 2 fully saturated rings. The van der Waals surface area contributed by atoms with Crippen LogP contribution >= 0.6 is 0 Å². The summed E-state index contributed by atoms with van der Waals surface area (Å²) in [5.41, 5.74) is 0.521. The molecular formula is C22H25N3O6S. The van der Waals surface area contributed by atoms with Crippen LogP contribution in [-0.2, 0) is 14.8 Å². The molecule has 32 heavy (non-hydrogen) atoms. The Kier molecular flexibility index (Phi) is 6.45. The molecule has 0 atom stereocenters. The number of carbonyl (C=O) groups excluding carboxylic acids is 2. The van der Waals surface area contributed by atoms with Crippen LogP contribution in [-0.4, -0.2) is 91.9 Å². The van der Waals surface area contributed by atoms with E-state index in [2.05, 4.69) is 0 Å². The monoisotopic (exact) mass is 459 g/mol. The van der Waals surface area contributed by atoms with Crippen molar-refractivity contribution in [1.29, 1.82) is 0 Å². The minimum atomic E-state index is -3.70. The standard InChI is InChI=1S/C22H25N3O6S/c26-20-7-2-1-6-19(20)22(28)24-10-8-23(9-11-24)21(27)17-4-3-5-18(16-17)32(29,30)25-12-14-31-15-13-25/h1-7,16,26H,8-15H2. The second-order valence-electron chi connectivity index (χ2n) is 7.65. The van der Waals surface area contributed by atoms with Gasteiger partial charge >= 0.3 is 0 Å². The van der Waals surface area contributed by atoms with Crippen LogP contribution in [0.4, 0.5) is 0 Å². The maximum absolute atomic E-state index is 13.0. The third-order valence-corrected chi connectivity index (χ3v) is 7.57. The van der Waals surface area contributed by atoms with Gasteiger partial charge < -0.3 is 19.6 Å². The number of ether oxygens (including phenoxy) is 1. The molecule has 2 heterocycles. The van der Waals surface area contributed by atoms with E-state index in [1.807, 2.05) is 0 Å². The number of benzene rings is 2. The second-order valence-corrected chi connectivity index (χ2v) is 9.58. The molecule has 2 aliphatic rings. The van der Waals surface area contributed by atoms with Crippen LogP contribution in [0.25, 0.3) is 0 Å². The van der Waals surface area contributed by atoms with E-state index in [1.165, 1.54) is 22.5 Å². The lowest BCUT2D eigenvalue weighted by atomic mass is 10.1. The molecule has 2 aromatic carbocycles. The number of phenols is 1. The van der Waals surface area contributed by atoms with E-state index in [0.717, 1.165) is 0 Å². The number of amides is 2. The zero-order valence-corrected chi connectivity index (χ0v) is 18.3. The first kappa shape index (κ1) is 22.3. The Morgan fingerprint density at radius 2 is 1.44 bits per heavy atom. The molecule has 0 unspecified atom stereocenters. The van der Waals surface area contributed by atoms with Gasteiger partial charge in [0.05, 0.1) is 23.7 Å². The molecule has 10 heteroatoms. The Morgan fingerprint density at radius 1 is 0.812 bits per heavy atom. The summed E-state index contributed by atoms with van der Waals surface area (Å²) in [6.45, 7) is 2.55. The van der Waals surface area contributed by atoms with Gasteiger partial charge in [-0.2, -0.15) is 4.31 Å². The van der Waals surface area contributed by atoms with Gasteiger partial charge in [-0.15, -0.1) is 0 Å². The number of phenolic OH excluding ortho intramolecular Hbond substituents is 1. The molecule has 170 valence electrons. The Labute approximate surface area is 186 Å². The third-order valence-electron chi connectivity index (χ3n) is 5.68. The fraction of sp³-hybridized carbons (Fsp3) is 0.364. The van der Waals surface area contributed by atoms with Crippen molar-refractivity contribution in [1.82, 2.24) is 14.1 Å². The van der Waals surface area contributed by atoms with Gasteiger partial charge in [0.2, 0.25) is 10.0 Å². The number of carbonyl (C=O) groups is 2. The van der Waals surface area contributed by atoms with E-state index in [9.17, 15) is 23.1 Å². The van der Waals surface area contributed by atoms with Gasteiger partial charge in [-0.1, -0.05) is 18.2 Å². The van der Waals surface area contributed by atoms with E-state index < -0.39 is 10.0 Å². The molecule has 2 amide bonds. The molecule has 2 aromatic rings. The van der Waals surface area contributed by atoms with Crippen molar-refractivity contribution >= 4 is 21.8 Å². The van der Waals surface area contributed by atoms with Gasteiger partial charge in [0, 0.05) is 44.8 Å². The molecular weight excluding hydrogens is 434 g/mol. The lowest BCUT2D eigenvalue weighted by molar-refractivity contribution is 0.0533. The van der Waals surface area contributed by atoms with E-state index in [-0.39, 0.29) is 41.1 Å². The summed E-state index contributed by atoms with van der Waals surface area (Å²) in [6, 6.07) is 12.4. The first-order valence-electron chi connectivity index (χ1n) is 10.4. The number of hydrogen-bond acceptors (Lipinski definition) is 6. The Morgan fingerprint density at radius 3 is 2.09 bits per heavy atom. The zero-order valence-electron chi connectivity index (χ0n) is 17.5. The van der Waals surface area contributed by atoms with Gasteiger partial charge in [0.15, 0.2) is 0 Å². The number of para-hydroxylation sites is 1. The lowest BCUT2D eigenvalue weighted by Crippen LogP contribution is -2.50. The van der Waals surface area contributed by atoms with Crippen molar-refractivity contribution in [3.05, 3.63) is 59.7 Å². The molecule has 9 nitrogen and oxygen atoms in total. The highest BCUT2D eigenvalue weighted by Gasteiger charge is 2.29. The quantitative estimate of drug-likeness (QED) is 0.731. The summed E-state index contributed by atoms with van der Waals surface area (Å²) in [4.78, 5) is 28.9. The van der Waals surface area contributed by atoms with Crippen LogP contribution < -0.4 is 0 Å². The number of piperazine rings is 1. The molecule has 0 spiro atoms. The fourth-order valence-electron chi connectivity index (χ4n) is 3.85. The van der Waals surface area contributed by atoms with Gasteiger partial charge in [-0.05, 0) is 30.3 Å². The Balaban J connectivity index is 1.43. The number of sulfonamides is 1. The van der Waals surface area contributed by atoms with Crippen LogP contribution in [0.15, 0.2) is 53.4 Å². The van der Waals surface area contributed by atoms with Crippen LogP contribution in [0.5, 0.6) is 5.75 Å². The van der Waals surface area contributed by atoms with E-state index >= 15 is 0 Å².